The summed E-state index contributed by atoms with van der Waals surface area (Å²) >= 11 is 2.69. The van der Waals surface area contributed by atoms with Crippen LogP contribution in [0.15, 0.2) is 34.1 Å². The van der Waals surface area contributed by atoms with Crippen molar-refractivity contribution in [1.29, 1.82) is 0 Å². The lowest BCUT2D eigenvalue weighted by molar-refractivity contribution is -0.149. The van der Waals surface area contributed by atoms with Crippen LogP contribution in [-0.4, -0.2) is 49.7 Å². The molecule has 3 fully saturated rings. The Hall–Kier alpha value is -2.59. The first-order valence-electron chi connectivity index (χ1n) is 10.1. The molecule has 1 saturated heterocycles. The van der Waals surface area contributed by atoms with Crippen LogP contribution in [0.3, 0.4) is 0 Å². The number of carboxylic acids is 1. The third-order valence-electron chi connectivity index (χ3n) is 7.38. The highest BCUT2D eigenvalue weighted by Gasteiger charge is 2.69. The van der Waals surface area contributed by atoms with E-state index in [-0.39, 0.29) is 45.5 Å². The van der Waals surface area contributed by atoms with Crippen molar-refractivity contribution in [3.8, 4) is 5.75 Å². The van der Waals surface area contributed by atoms with Crippen LogP contribution in [0.1, 0.15) is 22.8 Å². The molecular formula is C21H18N2O6S2. The van der Waals surface area contributed by atoms with E-state index in [0.717, 1.165) is 38.1 Å². The highest BCUT2D eigenvalue weighted by molar-refractivity contribution is 8.00. The largest absolute Gasteiger partial charge is 0.508 e. The van der Waals surface area contributed by atoms with E-state index in [1.807, 2.05) is 12.1 Å². The Morgan fingerprint density at radius 2 is 1.84 bits per heavy atom. The first kappa shape index (κ1) is 19.1. The van der Waals surface area contributed by atoms with Gasteiger partial charge in [0.2, 0.25) is 11.8 Å². The summed E-state index contributed by atoms with van der Waals surface area (Å²) in [5.74, 6) is -3.29. The Kier molecular flexibility index (Phi) is 3.98. The molecule has 0 radical (unpaired) electrons. The molecule has 3 heterocycles. The Balaban J connectivity index is 1.47. The van der Waals surface area contributed by atoms with E-state index in [0.29, 0.717) is 0 Å². The molecule has 160 valence electrons. The maximum Gasteiger partial charge on any atom is 0.323 e. The van der Waals surface area contributed by atoms with Gasteiger partial charge in [-0.15, -0.1) is 11.8 Å². The lowest BCUT2D eigenvalue weighted by Gasteiger charge is -2.43. The van der Waals surface area contributed by atoms with Crippen LogP contribution >= 0.6 is 23.1 Å². The number of fused-ring (bicyclic) bond motifs is 9. The van der Waals surface area contributed by atoms with E-state index in [4.69, 9.17) is 5.11 Å². The molecule has 7 atom stereocenters. The van der Waals surface area contributed by atoms with Crippen molar-refractivity contribution in [3.63, 3.8) is 0 Å². The summed E-state index contributed by atoms with van der Waals surface area (Å²) < 4.78 is 0. The van der Waals surface area contributed by atoms with Gasteiger partial charge < -0.3 is 15.2 Å². The zero-order valence-corrected chi connectivity index (χ0v) is 17.7. The fraction of sp³-hybridized carbons (Fsp3) is 0.429. The lowest BCUT2D eigenvalue weighted by Crippen LogP contribution is -2.42. The quantitative estimate of drug-likeness (QED) is 0.597. The normalized spacial score (nSPS) is 35.2. The van der Waals surface area contributed by atoms with Crippen molar-refractivity contribution in [2.24, 2.45) is 29.6 Å². The van der Waals surface area contributed by atoms with E-state index in [2.05, 4.69) is 4.98 Å². The number of thiazole rings is 1. The molecule has 6 rings (SSSR count). The number of phenolic OH excluding ortho intramolecular Hbond substituents is 1. The van der Waals surface area contributed by atoms with E-state index in [1.54, 1.807) is 23.9 Å². The van der Waals surface area contributed by atoms with Gasteiger partial charge in [0.15, 0.2) is 0 Å². The predicted octanol–water partition coefficient (Wildman–Crippen LogP) is 1.70. The molecule has 31 heavy (non-hydrogen) atoms. The number of aromatic hydroxyl groups is 1. The molecule has 2 aromatic rings. The van der Waals surface area contributed by atoms with Gasteiger partial charge in [-0.2, -0.15) is 0 Å². The number of likely N-dealkylation sites (tertiary alicyclic amines) is 1. The van der Waals surface area contributed by atoms with Crippen molar-refractivity contribution in [2.75, 3.05) is 6.54 Å². The maximum atomic E-state index is 13.1. The minimum absolute atomic E-state index is 0.00938. The van der Waals surface area contributed by atoms with Crippen LogP contribution in [0, 0.1) is 29.6 Å². The number of amides is 2. The smallest absolute Gasteiger partial charge is 0.323 e. The number of nitrogens with one attached hydrogen (secondary N) is 1. The average Bonchev–Trinajstić information content (AvgIpc) is 3.44. The van der Waals surface area contributed by atoms with Gasteiger partial charge in [0, 0.05) is 21.6 Å². The second-order valence-electron chi connectivity index (χ2n) is 8.68. The summed E-state index contributed by atoms with van der Waals surface area (Å²) in [4.78, 5) is 54.0. The van der Waals surface area contributed by atoms with Gasteiger partial charge >= 0.3 is 10.8 Å². The van der Waals surface area contributed by atoms with Crippen LogP contribution < -0.4 is 4.87 Å². The van der Waals surface area contributed by atoms with Gasteiger partial charge in [-0.3, -0.25) is 24.1 Å². The highest BCUT2D eigenvalue weighted by Crippen LogP contribution is 2.68. The number of para-hydroxylation sites is 1. The molecule has 2 bridgehead atoms. The van der Waals surface area contributed by atoms with Crippen LogP contribution in [0.4, 0.5) is 0 Å². The number of aromatic nitrogens is 1. The molecule has 1 aromatic heterocycles. The number of benzene rings is 1. The van der Waals surface area contributed by atoms with E-state index < -0.39 is 30.3 Å². The molecule has 0 unspecified atom stereocenters. The topological polar surface area (TPSA) is 128 Å². The second kappa shape index (κ2) is 6.46. The first-order valence-corrected chi connectivity index (χ1v) is 11.8. The lowest BCUT2D eigenvalue weighted by atomic mass is 9.68. The molecule has 0 spiro atoms. The van der Waals surface area contributed by atoms with Gasteiger partial charge in [-0.05, 0) is 30.2 Å². The number of aliphatic carboxylic acids is 1. The zero-order valence-electron chi connectivity index (χ0n) is 16.1. The van der Waals surface area contributed by atoms with Gasteiger partial charge in [-0.25, -0.2) is 0 Å². The van der Waals surface area contributed by atoms with Gasteiger partial charge in [0.1, 0.15) is 12.3 Å². The highest BCUT2D eigenvalue weighted by atomic mass is 32.2. The van der Waals surface area contributed by atoms with Crippen LogP contribution in [-0.2, 0) is 14.4 Å². The Morgan fingerprint density at radius 1 is 1.13 bits per heavy atom. The van der Waals surface area contributed by atoms with Gasteiger partial charge in [0.05, 0.1) is 16.9 Å². The fourth-order valence-corrected chi connectivity index (χ4v) is 9.35. The van der Waals surface area contributed by atoms with E-state index in [9.17, 15) is 24.3 Å². The number of imide groups is 1. The van der Waals surface area contributed by atoms with Crippen molar-refractivity contribution < 1.29 is 24.6 Å². The van der Waals surface area contributed by atoms with Gasteiger partial charge in [0.25, 0.3) is 0 Å². The van der Waals surface area contributed by atoms with E-state index in [1.165, 1.54) is 0 Å². The summed E-state index contributed by atoms with van der Waals surface area (Å²) in [5.41, 5.74) is 0.720. The summed E-state index contributed by atoms with van der Waals surface area (Å²) in [6.07, 6.45) is 0.722. The third kappa shape index (κ3) is 2.48. The zero-order chi connectivity index (χ0) is 21.6. The Labute approximate surface area is 184 Å². The Morgan fingerprint density at radius 3 is 2.55 bits per heavy atom. The van der Waals surface area contributed by atoms with Crippen LogP contribution in [0.5, 0.6) is 5.75 Å². The number of H-pyrrole nitrogens is 1. The monoisotopic (exact) mass is 458 g/mol. The molecule has 2 amide bonds. The summed E-state index contributed by atoms with van der Waals surface area (Å²) in [5, 5.41) is 20.6. The first-order chi connectivity index (χ1) is 14.9. The number of aromatic amines is 1. The summed E-state index contributed by atoms with van der Waals surface area (Å²) in [6, 6.07) is 7.06. The molecular weight excluding hydrogens is 440 g/mol. The maximum absolute atomic E-state index is 13.1. The van der Waals surface area contributed by atoms with Crippen molar-refractivity contribution >= 4 is 40.9 Å². The van der Waals surface area contributed by atoms with Crippen LogP contribution in [0.25, 0.3) is 0 Å². The van der Waals surface area contributed by atoms with Gasteiger partial charge in [-0.1, -0.05) is 29.5 Å². The number of carbonyl (C=O) groups excluding carboxylic acids is 2. The summed E-state index contributed by atoms with van der Waals surface area (Å²) in [6.45, 7) is -0.601. The third-order valence-corrected chi connectivity index (χ3v) is 9.97. The molecule has 1 aromatic carbocycles. The van der Waals surface area contributed by atoms with Crippen molar-refractivity contribution in [2.45, 2.75) is 22.6 Å². The minimum Gasteiger partial charge on any atom is -0.508 e. The molecule has 2 aliphatic carbocycles. The number of hydrogen-bond donors (Lipinski definition) is 3. The SMILES string of the molecule is O=C(O)CN1C(=O)[C@@H]2[C@@H]3C[C@@H]([C@@H]2C1=O)[C@H]1[C@@H](c2ccccc2O)c2sc(=O)[nH]c2S[C@H]31. The minimum atomic E-state index is -1.20. The Bertz CT molecular complexity index is 1200. The standard InChI is InChI=1S/C21H18N2O6S2/c24-10-4-2-1-3-7(10)12-13-8-5-9(16(13)30-18-17(12)31-21(29)22-18)15-14(8)19(27)23(20(15)28)6-11(25)26/h1-4,8-9,12-16,24H,5-6H2,(H,22,29)(H,25,26)/t8-,9+,12-,13+,14+,15-,16-/m1/s1. The molecule has 2 saturated carbocycles. The van der Waals surface area contributed by atoms with Crippen molar-refractivity contribution in [1.82, 2.24) is 9.88 Å². The molecule has 8 nitrogen and oxygen atoms in total. The number of thioether (sulfide) groups is 1. The number of nitrogens with zero attached hydrogens (tertiary/aromatic N) is 1. The molecule has 10 heteroatoms. The number of phenols is 1. The van der Waals surface area contributed by atoms with Crippen LogP contribution in [0.2, 0.25) is 0 Å². The number of rotatable bonds is 3. The summed E-state index contributed by atoms with van der Waals surface area (Å²) in [7, 11) is 0. The molecule has 4 aliphatic rings. The number of carboxylic acid groups (broad SMARTS) is 1. The van der Waals surface area contributed by atoms with Crippen molar-refractivity contribution in [3.05, 3.63) is 44.4 Å². The molecule has 2 aliphatic heterocycles. The predicted molar refractivity (Wildman–Crippen MR) is 111 cm³/mol. The second-order valence-corrected chi connectivity index (χ2v) is 10.9. The average molecular weight is 459 g/mol. The number of carbonyl (C=O) groups is 3. The molecule has 3 N–H and O–H groups in total. The van der Waals surface area contributed by atoms with E-state index >= 15 is 0 Å². The number of hydrogen-bond acceptors (Lipinski definition) is 7. The fourth-order valence-electron chi connectivity index (χ4n) is 6.47.